The Morgan fingerprint density at radius 2 is 1.45 bits per heavy atom. The molecular weight excluding hydrogens is 264 g/mol. The molecule has 0 amide bonds. The van der Waals surface area contributed by atoms with Gasteiger partial charge in [0.15, 0.2) is 0 Å². The van der Waals surface area contributed by atoms with Gasteiger partial charge >= 0.3 is 0 Å². The quantitative estimate of drug-likeness (QED) is 0.661. The maximum Gasteiger partial charge on any atom is -0.00928 e. The minimum Gasteiger partial charge on any atom is -0.0801 e. The summed E-state index contributed by atoms with van der Waals surface area (Å²) in [5.74, 6) is 2.83. The fraction of sp³-hybridized carbons (Fsp3) is 0.364. The maximum absolute atomic E-state index is 3.67. The maximum atomic E-state index is 3.67. The van der Waals surface area contributed by atoms with Crippen LogP contribution in [0.2, 0.25) is 0 Å². The highest BCUT2D eigenvalue weighted by atomic mass is 14.4. The normalized spacial score (nSPS) is 30.7. The smallest absolute Gasteiger partial charge is 0.00928 e. The lowest BCUT2D eigenvalue weighted by Gasteiger charge is -2.41. The van der Waals surface area contributed by atoms with Crippen LogP contribution in [0.15, 0.2) is 66.7 Å². The molecule has 0 spiro atoms. The van der Waals surface area contributed by atoms with Crippen LogP contribution in [0.4, 0.5) is 0 Å². The van der Waals surface area contributed by atoms with Crippen molar-refractivity contribution in [3.63, 3.8) is 0 Å². The standard InChI is InChI=1S/C22H23/c1-3-8-17(9-4-1)20-15-14-19-12-7-13-21(22(19)16-20)18-10-5-2-6-11-18/h1-11,19-22H,13-16H2. The van der Waals surface area contributed by atoms with Gasteiger partial charge in [-0.25, -0.2) is 0 Å². The van der Waals surface area contributed by atoms with Crippen molar-refractivity contribution in [2.75, 3.05) is 0 Å². The largest absolute Gasteiger partial charge is 0.0801 e. The molecule has 1 radical (unpaired) electrons. The van der Waals surface area contributed by atoms with E-state index in [1.165, 1.54) is 30.4 Å². The molecule has 0 saturated heterocycles. The lowest BCUT2D eigenvalue weighted by molar-refractivity contribution is 0.202. The third kappa shape index (κ3) is 2.63. The summed E-state index contributed by atoms with van der Waals surface area (Å²) >= 11 is 0. The van der Waals surface area contributed by atoms with Crippen molar-refractivity contribution < 1.29 is 0 Å². The first-order valence-corrected chi connectivity index (χ1v) is 8.59. The van der Waals surface area contributed by atoms with E-state index >= 15 is 0 Å². The minimum atomic E-state index is 0.666. The van der Waals surface area contributed by atoms with Gasteiger partial charge in [-0.15, -0.1) is 0 Å². The van der Waals surface area contributed by atoms with Crippen LogP contribution in [0, 0.1) is 17.9 Å². The van der Waals surface area contributed by atoms with Crippen molar-refractivity contribution in [1.82, 2.24) is 0 Å². The lowest BCUT2D eigenvalue weighted by atomic mass is 9.63. The first-order chi connectivity index (χ1) is 10.9. The van der Waals surface area contributed by atoms with Gasteiger partial charge in [-0.3, -0.25) is 0 Å². The molecule has 0 aromatic heterocycles. The van der Waals surface area contributed by atoms with Gasteiger partial charge in [-0.1, -0.05) is 66.7 Å². The van der Waals surface area contributed by atoms with E-state index in [-0.39, 0.29) is 0 Å². The summed E-state index contributed by atoms with van der Waals surface area (Å²) in [7, 11) is 0. The van der Waals surface area contributed by atoms with Gasteiger partial charge in [0.25, 0.3) is 0 Å². The highest BCUT2D eigenvalue weighted by molar-refractivity contribution is 5.26. The zero-order chi connectivity index (χ0) is 14.8. The van der Waals surface area contributed by atoms with Crippen LogP contribution in [-0.2, 0) is 0 Å². The molecule has 2 aliphatic carbocycles. The predicted octanol–water partition coefficient (Wildman–Crippen LogP) is 5.73. The minimum absolute atomic E-state index is 0.666. The van der Waals surface area contributed by atoms with Crippen molar-refractivity contribution in [3.05, 3.63) is 83.9 Å². The van der Waals surface area contributed by atoms with E-state index < -0.39 is 0 Å². The Labute approximate surface area is 133 Å². The van der Waals surface area contributed by atoms with E-state index in [0.717, 1.165) is 18.3 Å². The number of hydrogen-bond acceptors (Lipinski definition) is 0. The predicted molar refractivity (Wildman–Crippen MR) is 91.6 cm³/mol. The van der Waals surface area contributed by atoms with Crippen LogP contribution < -0.4 is 0 Å². The van der Waals surface area contributed by atoms with Crippen LogP contribution >= 0.6 is 0 Å². The Bertz CT molecular complexity index is 626. The number of rotatable bonds is 2. The molecule has 2 aromatic rings. The number of allylic oxidation sites excluding steroid dienone is 2. The average Bonchev–Trinajstić information content (AvgIpc) is 2.62. The highest BCUT2D eigenvalue weighted by Crippen LogP contribution is 2.49. The Kier molecular flexibility index (Phi) is 3.84. The molecule has 0 N–H and O–H groups in total. The fourth-order valence-electron chi connectivity index (χ4n) is 4.49. The molecule has 0 bridgehead atoms. The SMILES string of the molecule is [C]1=CCC(c2ccccc2)C2CC(c3ccccc3)CCC12. The first kappa shape index (κ1) is 13.8. The molecule has 1 fully saturated rings. The summed E-state index contributed by atoms with van der Waals surface area (Å²) in [6, 6.07) is 22.2. The average molecular weight is 287 g/mol. The van der Waals surface area contributed by atoms with E-state index in [9.17, 15) is 0 Å². The van der Waals surface area contributed by atoms with Crippen molar-refractivity contribution in [3.8, 4) is 0 Å². The molecule has 0 aliphatic heterocycles. The molecule has 4 unspecified atom stereocenters. The van der Waals surface area contributed by atoms with E-state index in [2.05, 4.69) is 72.8 Å². The lowest BCUT2D eigenvalue weighted by Crippen LogP contribution is -2.30. The Balaban J connectivity index is 1.60. The zero-order valence-corrected chi connectivity index (χ0v) is 13.0. The van der Waals surface area contributed by atoms with E-state index in [1.807, 2.05) is 0 Å². The summed E-state index contributed by atoms with van der Waals surface area (Å²) in [4.78, 5) is 0. The monoisotopic (exact) mass is 287 g/mol. The summed E-state index contributed by atoms with van der Waals surface area (Å²) in [6.07, 6.45) is 11.1. The van der Waals surface area contributed by atoms with Gasteiger partial charge in [0.2, 0.25) is 0 Å². The van der Waals surface area contributed by atoms with Crippen LogP contribution in [0.25, 0.3) is 0 Å². The van der Waals surface area contributed by atoms with E-state index in [4.69, 9.17) is 0 Å². The second-order valence-corrected chi connectivity index (χ2v) is 6.81. The topological polar surface area (TPSA) is 0 Å². The number of hydrogen-bond donors (Lipinski definition) is 0. The summed E-state index contributed by atoms with van der Waals surface area (Å²) in [5.41, 5.74) is 3.05. The Morgan fingerprint density at radius 3 is 2.18 bits per heavy atom. The van der Waals surface area contributed by atoms with Gasteiger partial charge in [0.1, 0.15) is 0 Å². The molecule has 111 valence electrons. The molecule has 0 heterocycles. The molecule has 0 nitrogen and oxygen atoms in total. The van der Waals surface area contributed by atoms with Crippen LogP contribution in [0.3, 0.4) is 0 Å². The molecule has 4 atom stereocenters. The molecule has 2 aromatic carbocycles. The molecular formula is C22H23. The molecule has 1 saturated carbocycles. The van der Waals surface area contributed by atoms with Crippen LogP contribution in [0.5, 0.6) is 0 Å². The van der Waals surface area contributed by atoms with E-state index in [1.54, 1.807) is 0 Å². The summed E-state index contributed by atoms with van der Waals surface area (Å²) in [5, 5.41) is 0. The van der Waals surface area contributed by atoms with Crippen molar-refractivity contribution in [2.45, 2.75) is 37.5 Å². The van der Waals surface area contributed by atoms with Crippen molar-refractivity contribution in [2.24, 2.45) is 11.8 Å². The van der Waals surface area contributed by atoms with Crippen LogP contribution in [0.1, 0.15) is 48.6 Å². The summed E-state index contributed by atoms with van der Waals surface area (Å²) in [6.45, 7) is 0. The number of benzene rings is 2. The van der Waals surface area contributed by atoms with Crippen molar-refractivity contribution in [1.29, 1.82) is 0 Å². The van der Waals surface area contributed by atoms with Gasteiger partial charge in [0, 0.05) is 0 Å². The fourth-order valence-corrected chi connectivity index (χ4v) is 4.49. The van der Waals surface area contributed by atoms with Crippen molar-refractivity contribution >= 4 is 0 Å². The molecule has 0 heteroatoms. The zero-order valence-electron chi connectivity index (χ0n) is 13.0. The van der Waals surface area contributed by atoms with Gasteiger partial charge in [-0.2, -0.15) is 0 Å². The molecule has 2 aliphatic rings. The van der Waals surface area contributed by atoms with Gasteiger partial charge in [-0.05, 0) is 66.6 Å². The third-order valence-corrected chi connectivity index (χ3v) is 5.62. The van der Waals surface area contributed by atoms with Gasteiger partial charge in [0.05, 0.1) is 0 Å². The Hall–Kier alpha value is -1.82. The second-order valence-electron chi connectivity index (χ2n) is 6.81. The summed E-state index contributed by atoms with van der Waals surface area (Å²) < 4.78 is 0. The highest BCUT2D eigenvalue weighted by Gasteiger charge is 2.37. The first-order valence-electron chi connectivity index (χ1n) is 8.59. The Morgan fingerprint density at radius 1 is 0.773 bits per heavy atom. The van der Waals surface area contributed by atoms with E-state index in [0.29, 0.717) is 11.8 Å². The van der Waals surface area contributed by atoms with Gasteiger partial charge < -0.3 is 0 Å². The molecule has 22 heavy (non-hydrogen) atoms. The molecule has 4 rings (SSSR count). The third-order valence-electron chi connectivity index (χ3n) is 5.62. The number of fused-ring (bicyclic) bond motifs is 1. The second kappa shape index (κ2) is 6.12. The van der Waals surface area contributed by atoms with Crippen LogP contribution in [-0.4, -0.2) is 0 Å².